The lowest BCUT2D eigenvalue weighted by Gasteiger charge is -2.11. The minimum absolute atomic E-state index is 0.0295. The lowest BCUT2D eigenvalue weighted by molar-refractivity contribution is 0.103. The largest absolute Gasteiger partial charge is 0.313 e. The van der Waals surface area contributed by atoms with Crippen molar-refractivity contribution in [2.24, 2.45) is 7.05 Å². The van der Waals surface area contributed by atoms with E-state index in [1.165, 1.54) is 23.7 Å². The summed E-state index contributed by atoms with van der Waals surface area (Å²) < 4.78 is 42.5. The Balaban J connectivity index is 2.30. The average Bonchev–Trinajstić information content (AvgIpc) is 2.81. The van der Waals surface area contributed by atoms with Gasteiger partial charge in [0, 0.05) is 17.1 Å². The monoisotopic (exact) mass is 523 g/mol. The zero-order valence-corrected chi connectivity index (χ0v) is 17.6. The van der Waals surface area contributed by atoms with Gasteiger partial charge in [-0.2, -0.15) is 0 Å². The van der Waals surface area contributed by atoms with E-state index >= 15 is 0 Å². The molecule has 0 radical (unpaired) electrons. The Morgan fingerprint density at radius 2 is 1.96 bits per heavy atom. The van der Waals surface area contributed by atoms with Crippen LogP contribution in [0.3, 0.4) is 0 Å². The highest BCUT2D eigenvalue weighted by Gasteiger charge is 2.25. The average molecular weight is 526 g/mol. The predicted molar refractivity (Wildman–Crippen MR) is 103 cm³/mol. The highest BCUT2D eigenvalue weighted by molar-refractivity contribution is 9.11. The van der Waals surface area contributed by atoms with Crippen molar-refractivity contribution in [1.82, 2.24) is 9.13 Å². The molecule has 2 aromatic carbocycles. The molecule has 142 valence electrons. The number of carbonyl (C=O) groups is 1. The summed E-state index contributed by atoms with van der Waals surface area (Å²) in [6.07, 6.45) is -2.64. The Morgan fingerprint density at radius 1 is 1.30 bits per heavy atom. The lowest BCUT2D eigenvalue weighted by atomic mass is 10.0. The van der Waals surface area contributed by atoms with Crippen LogP contribution in [0.5, 0.6) is 0 Å². The summed E-state index contributed by atoms with van der Waals surface area (Å²) in [7, 11) is 1.54. The Bertz CT molecular complexity index is 1140. The maximum Gasteiger partial charge on any atom is 0.256 e. The standard InChI is InChI=1S/C17H11Br2ClF3N3O/c1-25-15-11(26(17(25)24)6-12(22)23)5-9(18)13(14(15)19)16(27)8-4-7(21)2-3-10(8)20/h2-5,12,24H,6H2,1H3. The molecule has 1 N–H and O–H groups in total. The van der Waals surface area contributed by atoms with Crippen molar-refractivity contribution < 1.29 is 18.0 Å². The number of halogens is 6. The number of nitrogens with one attached hydrogen (secondary N) is 1. The Kier molecular flexibility index (Phi) is 5.56. The number of nitrogens with zero attached hydrogens (tertiary/aromatic N) is 2. The normalized spacial score (nSPS) is 11.6. The first-order chi connectivity index (χ1) is 12.6. The molecule has 0 unspecified atom stereocenters. The number of rotatable bonds is 4. The van der Waals surface area contributed by atoms with Crippen molar-refractivity contribution in [3.05, 3.63) is 60.8 Å². The topological polar surface area (TPSA) is 50.8 Å². The van der Waals surface area contributed by atoms with Crippen LogP contribution in [-0.2, 0) is 13.6 Å². The number of alkyl halides is 2. The molecule has 0 aliphatic carbocycles. The van der Waals surface area contributed by atoms with E-state index < -0.39 is 24.6 Å². The van der Waals surface area contributed by atoms with E-state index in [2.05, 4.69) is 31.9 Å². The first kappa shape index (κ1) is 20.2. The van der Waals surface area contributed by atoms with Gasteiger partial charge < -0.3 is 9.13 Å². The Morgan fingerprint density at radius 3 is 2.59 bits per heavy atom. The molecule has 0 saturated heterocycles. The van der Waals surface area contributed by atoms with Gasteiger partial charge in [0.05, 0.1) is 32.6 Å². The number of carbonyl (C=O) groups excluding carboxylic acids is 1. The van der Waals surface area contributed by atoms with Crippen molar-refractivity contribution in [2.45, 2.75) is 13.0 Å². The molecule has 1 heterocycles. The van der Waals surface area contributed by atoms with Gasteiger partial charge in [-0.15, -0.1) is 0 Å². The van der Waals surface area contributed by atoms with Crippen LogP contribution in [0.4, 0.5) is 13.2 Å². The molecule has 10 heteroatoms. The van der Waals surface area contributed by atoms with Crippen LogP contribution in [-0.4, -0.2) is 21.3 Å². The second-order valence-corrected chi connectivity index (χ2v) is 7.81. The van der Waals surface area contributed by atoms with Gasteiger partial charge in [-0.1, -0.05) is 11.6 Å². The van der Waals surface area contributed by atoms with E-state index in [9.17, 15) is 18.0 Å². The van der Waals surface area contributed by atoms with E-state index in [0.717, 1.165) is 16.7 Å². The number of fused-ring (bicyclic) bond motifs is 1. The van der Waals surface area contributed by atoms with Crippen molar-refractivity contribution in [2.75, 3.05) is 0 Å². The van der Waals surface area contributed by atoms with Crippen LogP contribution in [0.15, 0.2) is 33.2 Å². The van der Waals surface area contributed by atoms with Crippen LogP contribution < -0.4 is 5.62 Å². The SMILES string of the molecule is Cn1c(=N)n(CC(F)F)c2cc(Br)c(C(=O)c3cc(F)ccc3Cl)c(Br)c21. The van der Waals surface area contributed by atoms with Gasteiger partial charge in [0.25, 0.3) is 6.43 Å². The third-order valence-corrected chi connectivity index (χ3v) is 5.82. The quantitative estimate of drug-likeness (QED) is 0.464. The smallest absolute Gasteiger partial charge is 0.256 e. The summed E-state index contributed by atoms with van der Waals surface area (Å²) in [6.45, 7) is -0.655. The number of hydrogen-bond acceptors (Lipinski definition) is 2. The van der Waals surface area contributed by atoms with Crippen molar-refractivity contribution in [3.8, 4) is 0 Å². The molecular weight excluding hydrogens is 514 g/mol. The van der Waals surface area contributed by atoms with Gasteiger partial charge in [0.1, 0.15) is 5.82 Å². The van der Waals surface area contributed by atoms with Crippen LogP contribution in [0, 0.1) is 11.2 Å². The fourth-order valence-corrected chi connectivity index (χ4v) is 4.79. The summed E-state index contributed by atoms with van der Waals surface area (Å²) in [5, 5.41) is 8.17. The number of aromatic nitrogens is 2. The first-order valence-electron chi connectivity index (χ1n) is 7.53. The van der Waals surface area contributed by atoms with Gasteiger partial charge in [0.2, 0.25) is 5.62 Å². The van der Waals surface area contributed by atoms with Gasteiger partial charge >= 0.3 is 0 Å². The fourth-order valence-electron chi connectivity index (χ4n) is 2.86. The summed E-state index contributed by atoms with van der Waals surface area (Å²) in [5.41, 5.74) is 0.715. The van der Waals surface area contributed by atoms with E-state index in [1.807, 2.05) is 0 Å². The maximum atomic E-state index is 13.6. The van der Waals surface area contributed by atoms with E-state index in [1.54, 1.807) is 0 Å². The summed E-state index contributed by atoms with van der Waals surface area (Å²) in [6, 6.07) is 4.95. The third kappa shape index (κ3) is 3.48. The van der Waals surface area contributed by atoms with Gasteiger partial charge in [-0.3, -0.25) is 10.2 Å². The van der Waals surface area contributed by atoms with Crippen LogP contribution in [0.1, 0.15) is 15.9 Å². The molecule has 0 saturated carbocycles. The van der Waals surface area contributed by atoms with E-state index in [4.69, 9.17) is 17.0 Å². The minimum Gasteiger partial charge on any atom is -0.313 e. The van der Waals surface area contributed by atoms with Crippen molar-refractivity contribution in [3.63, 3.8) is 0 Å². The summed E-state index contributed by atoms with van der Waals surface area (Å²) in [4.78, 5) is 13.0. The zero-order chi connectivity index (χ0) is 20.0. The molecule has 4 nitrogen and oxygen atoms in total. The molecule has 0 atom stereocenters. The predicted octanol–water partition coefficient (Wildman–Crippen LogP) is 5.27. The molecule has 3 aromatic rings. The number of hydrogen-bond donors (Lipinski definition) is 1. The molecule has 0 spiro atoms. The number of imidazole rings is 1. The molecule has 3 rings (SSSR count). The van der Waals surface area contributed by atoms with Crippen LogP contribution >= 0.6 is 43.5 Å². The van der Waals surface area contributed by atoms with Gasteiger partial charge in [-0.25, -0.2) is 13.2 Å². The van der Waals surface area contributed by atoms with Crippen LogP contribution in [0.2, 0.25) is 5.02 Å². The second kappa shape index (κ2) is 7.44. The number of benzene rings is 2. The van der Waals surface area contributed by atoms with Crippen LogP contribution in [0.25, 0.3) is 11.0 Å². The third-order valence-electron chi connectivity index (χ3n) is 4.09. The van der Waals surface area contributed by atoms with Crippen molar-refractivity contribution >= 4 is 60.3 Å². The molecule has 27 heavy (non-hydrogen) atoms. The van der Waals surface area contributed by atoms with Gasteiger partial charge in [0.15, 0.2) is 5.78 Å². The van der Waals surface area contributed by atoms with Crippen molar-refractivity contribution in [1.29, 1.82) is 5.41 Å². The molecule has 0 aliphatic rings. The van der Waals surface area contributed by atoms with Gasteiger partial charge in [-0.05, 0) is 56.1 Å². The van der Waals surface area contributed by atoms with E-state index in [0.29, 0.717) is 20.0 Å². The maximum absolute atomic E-state index is 13.6. The molecular formula is C17H11Br2ClF3N3O. The highest BCUT2D eigenvalue weighted by Crippen LogP contribution is 2.36. The molecule has 1 aromatic heterocycles. The highest BCUT2D eigenvalue weighted by atomic mass is 79.9. The molecule has 0 amide bonds. The van der Waals surface area contributed by atoms with E-state index in [-0.39, 0.29) is 21.8 Å². The molecule has 0 bridgehead atoms. The number of ketones is 1. The number of aryl methyl sites for hydroxylation is 1. The lowest BCUT2D eigenvalue weighted by Crippen LogP contribution is -2.25. The Hall–Kier alpha value is -1.58. The fraction of sp³-hybridized carbons (Fsp3) is 0.176. The second-order valence-electron chi connectivity index (χ2n) is 5.75. The summed E-state index contributed by atoms with van der Waals surface area (Å²) >= 11 is 12.7. The zero-order valence-electron chi connectivity index (χ0n) is 13.7. The summed E-state index contributed by atoms with van der Waals surface area (Å²) in [5.74, 6) is -1.16. The molecule has 0 fully saturated rings. The minimum atomic E-state index is -2.64. The Labute approximate surface area is 173 Å². The first-order valence-corrected chi connectivity index (χ1v) is 9.49. The molecule has 0 aliphatic heterocycles.